The van der Waals surface area contributed by atoms with Crippen LogP contribution in [0.5, 0.6) is 0 Å². The third kappa shape index (κ3) is 5.21. The van der Waals surface area contributed by atoms with Crippen molar-refractivity contribution in [1.29, 1.82) is 0 Å². The lowest BCUT2D eigenvalue weighted by Gasteiger charge is -2.09. The van der Waals surface area contributed by atoms with Crippen LogP contribution in [0.2, 0.25) is 0 Å². The number of anilines is 2. The highest BCUT2D eigenvalue weighted by Crippen LogP contribution is 2.20. The summed E-state index contributed by atoms with van der Waals surface area (Å²) >= 11 is 1.35. The number of carbonyl (C=O) groups excluding carboxylic acids is 2. The van der Waals surface area contributed by atoms with Crippen molar-refractivity contribution in [3.8, 4) is 0 Å². The topological polar surface area (TPSA) is 84.0 Å². The summed E-state index contributed by atoms with van der Waals surface area (Å²) in [6, 6.07) is 16.8. The van der Waals surface area contributed by atoms with E-state index in [0.29, 0.717) is 22.8 Å². The van der Waals surface area contributed by atoms with Crippen LogP contribution in [0.25, 0.3) is 0 Å². The summed E-state index contributed by atoms with van der Waals surface area (Å²) in [5.74, 6) is -0.521. The quantitative estimate of drug-likeness (QED) is 0.678. The van der Waals surface area contributed by atoms with Crippen molar-refractivity contribution in [1.82, 2.24) is 10.2 Å². The summed E-state index contributed by atoms with van der Waals surface area (Å²) < 4.78 is 0. The minimum Gasteiger partial charge on any atom is -0.326 e. The van der Waals surface area contributed by atoms with E-state index in [9.17, 15) is 9.59 Å². The molecule has 1 heterocycles. The molecular formula is C20H20N4O2S. The highest BCUT2D eigenvalue weighted by atomic mass is 32.1. The number of carbonyl (C=O) groups is 2. The van der Waals surface area contributed by atoms with Crippen molar-refractivity contribution in [2.45, 2.75) is 20.3 Å². The molecule has 6 nitrogen and oxygen atoms in total. The van der Waals surface area contributed by atoms with E-state index in [1.54, 1.807) is 24.3 Å². The lowest BCUT2D eigenvalue weighted by molar-refractivity contribution is -0.118. The molecule has 0 bridgehead atoms. The first-order valence-electron chi connectivity index (χ1n) is 8.60. The van der Waals surface area contributed by atoms with Gasteiger partial charge in [0.05, 0.1) is 0 Å². The molecule has 0 fully saturated rings. The largest absolute Gasteiger partial charge is 0.326 e. The Morgan fingerprint density at radius 2 is 1.78 bits per heavy atom. The molecule has 3 rings (SSSR count). The van der Waals surface area contributed by atoms with Gasteiger partial charge in [0.15, 0.2) is 0 Å². The van der Waals surface area contributed by atoms with Crippen LogP contribution in [0, 0.1) is 5.92 Å². The number of hydrogen-bond acceptors (Lipinski definition) is 5. The van der Waals surface area contributed by atoms with Crippen LogP contribution in [0.4, 0.5) is 10.8 Å². The Morgan fingerprint density at radius 3 is 2.52 bits per heavy atom. The second kappa shape index (κ2) is 8.55. The Morgan fingerprint density at radius 1 is 1.00 bits per heavy atom. The summed E-state index contributed by atoms with van der Waals surface area (Å²) in [5, 5.41) is 15.0. The van der Waals surface area contributed by atoms with Gasteiger partial charge in [-0.2, -0.15) is 0 Å². The van der Waals surface area contributed by atoms with Crippen molar-refractivity contribution in [3.63, 3.8) is 0 Å². The molecule has 2 amide bonds. The zero-order valence-corrected chi connectivity index (χ0v) is 15.9. The Bertz CT molecular complexity index is 938. The fraction of sp³-hybridized carbons (Fsp3) is 0.200. The molecule has 2 N–H and O–H groups in total. The summed E-state index contributed by atoms with van der Waals surface area (Å²) in [7, 11) is 0. The Balaban J connectivity index is 1.65. The van der Waals surface area contributed by atoms with E-state index < -0.39 is 0 Å². The van der Waals surface area contributed by atoms with Gasteiger partial charge in [0.1, 0.15) is 5.01 Å². The van der Waals surface area contributed by atoms with Gasteiger partial charge in [-0.05, 0) is 23.8 Å². The molecule has 7 heteroatoms. The van der Waals surface area contributed by atoms with Gasteiger partial charge < -0.3 is 5.32 Å². The molecule has 0 saturated heterocycles. The smallest absolute Gasteiger partial charge is 0.257 e. The molecule has 138 valence electrons. The van der Waals surface area contributed by atoms with Gasteiger partial charge in [-0.3, -0.25) is 14.9 Å². The normalized spacial score (nSPS) is 10.6. The van der Waals surface area contributed by atoms with Gasteiger partial charge >= 0.3 is 0 Å². The van der Waals surface area contributed by atoms with Crippen molar-refractivity contribution in [2.75, 3.05) is 10.6 Å². The average molecular weight is 380 g/mol. The maximum Gasteiger partial charge on any atom is 0.257 e. The zero-order chi connectivity index (χ0) is 19.2. The maximum atomic E-state index is 12.5. The number of nitrogens with zero attached hydrogens (tertiary/aromatic N) is 2. The number of benzene rings is 2. The predicted octanol–water partition coefficient (Wildman–Crippen LogP) is 3.98. The van der Waals surface area contributed by atoms with E-state index in [0.717, 1.165) is 10.6 Å². The van der Waals surface area contributed by atoms with Crippen LogP contribution in [-0.2, 0) is 11.2 Å². The van der Waals surface area contributed by atoms with Gasteiger partial charge in [0, 0.05) is 23.6 Å². The third-order valence-corrected chi connectivity index (χ3v) is 4.64. The highest BCUT2D eigenvalue weighted by Gasteiger charge is 2.12. The first-order chi connectivity index (χ1) is 13.0. The summed E-state index contributed by atoms with van der Waals surface area (Å²) in [6.45, 7) is 3.63. The SMILES string of the molecule is CC(C)C(=O)Nc1cccc(C(=O)Nc2nnc(Cc3ccccc3)s2)c1. The summed E-state index contributed by atoms with van der Waals surface area (Å²) in [4.78, 5) is 24.3. The first-order valence-corrected chi connectivity index (χ1v) is 9.41. The molecule has 27 heavy (non-hydrogen) atoms. The minimum atomic E-state index is -0.293. The molecule has 0 atom stereocenters. The fourth-order valence-electron chi connectivity index (χ4n) is 2.34. The predicted molar refractivity (Wildman–Crippen MR) is 107 cm³/mol. The van der Waals surface area contributed by atoms with E-state index in [-0.39, 0.29) is 17.7 Å². The van der Waals surface area contributed by atoms with E-state index in [4.69, 9.17) is 0 Å². The van der Waals surface area contributed by atoms with Crippen molar-refractivity contribution >= 4 is 34.0 Å². The van der Waals surface area contributed by atoms with Crippen LogP contribution in [-0.4, -0.2) is 22.0 Å². The molecule has 2 aromatic carbocycles. The standard InChI is InChI=1S/C20H20N4O2S/c1-13(2)18(25)21-16-10-6-9-15(12-16)19(26)22-20-24-23-17(27-20)11-14-7-4-3-5-8-14/h3-10,12-13H,11H2,1-2H3,(H,21,25)(H,22,24,26). The van der Waals surface area contributed by atoms with Crippen LogP contribution < -0.4 is 10.6 Å². The van der Waals surface area contributed by atoms with Gasteiger partial charge in [0.2, 0.25) is 11.0 Å². The van der Waals surface area contributed by atoms with E-state index in [1.165, 1.54) is 11.3 Å². The number of hydrogen-bond donors (Lipinski definition) is 2. The van der Waals surface area contributed by atoms with Gasteiger partial charge in [0.25, 0.3) is 5.91 Å². The third-order valence-electron chi connectivity index (χ3n) is 3.80. The van der Waals surface area contributed by atoms with E-state index >= 15 is 0 Å². The highest BCUT2D eigenvalue weighted by molar-refractivity contribution is 7.15. The molecule has 0 aliphatic carbocycles. The van der Waals surface area contributed by atoms with Crippen molar-refractivity contribution in [2.24, 2.45) is 5.92 Å². The molecule has 3 aromatic rings. The maximum absolute atomic E-state index is 12.5. The Kier molecular flexibility index (Phi) is 5.93. The number of nitrogens with one attached hydrogen (secondary N) is 2. The van der Waals surface area contributed by atoms with Gasteiger partial charge in [-0.25, -0.2) is 0 Å². The second-order valence-corrected chi connectivity index (χ2v) is 7.40. The fourth-order valence-corrected chi connectivity index (χ4v) is 3.11. The molecule has 0 spiro atoms. The Labute approximate surface area is 161 Å². The molecule has 1 aromatic heterocycles. The summed E-state index contributed by atoms with van der Waals surface area (Å²) in [6.07, 6.45) is 0.672. The number of aromatic nitrogens is 2. The van der Waals surface area contributed by atoms with Crippen molar-refractivity contribution < 1.29 is 9.59 Å². The van der Waals surface area contributed by atoms with Crippen LogP contribution in [0.3, 0.4) is 0 Å². The van der Waals surface area contributed by atoms with Crippen LogP contribution >= 0.6 is 11.3 Å². The monoisotopic (exact) mass is 380 g/mol. The molecule has 0 radical (unpaired) electrons. The molecule has 0 unspecified atom stereocenters. The molecule has 0 saturated carbocycles. The first kappa shape index (κ1) is 18.7. The second-order valence-electron chi connectivity index (χ2n) is 6.34. The number of amides is 2. The van der Waals surface area contributed by atoms with E-state index in [2.05, 4.69) is 20.8 Å². The summed E-state index contributed by atoms with van der Waals surface area (Å²) in [5.41, 5.74) is 2.17. The van der Waals surface area contributed by atoms with Crippen molar-refractivity contribution in [3.05, 3.63) is 70.7 Å². The molecular weight excluding hydrogens is 360 g/mol. The van der Waals surface area contributed by atoms with Crippen LogP contribution in [0.1, 0.15) is 34.8 Å². The molecule has 0 aliphatic rings. The zero-order valence-electron chi connectivity index (χ0n) is 15.1. The molecule has 0 aliphatic heterocycles. The Hall–Kier alpha value is -3.06. The lowest BCUT2D eigenvalue weighted by atomic mass is 10.1. The minimum absolute atomic E-state index is 0.0952. The average Bonchev–Trinajstić information content (AvgIpc) is 3.09. The lowest BCUT2D eigenvalue weighted by Crippen LogP contribution is -2.18. The van der Waals surface area contributed by atoms with Gasteiger partial charge in [-0.15, -0.1) is 10.2 Å². The number of rotatable bonds is 6. The van der Waals surface area contributed by atoms with Crippen LogP contribution in [0.15, 0.2) is 54.6 Å². The van der Waals surface area contributed by atoms with E-state index in [1.807, 2.05) is 44.2 Å². The van der Waals surface area contributed by atoms with Gasteiger partial charge in [-0.1, -0.05) is 61.6 Å².